The van der Waals surface area contributed by atoms with Crippen molar-refractivity contribution in [2.75, 3.05) is 0 Å². The molecule has 1 aromatic rings. The highest BCUT2D eigenvalue weighted by molar-refractivity contribution is 8.15. The van der Waals surface area contributed by atoms with Gasteiger partial charge in [0.25, 0.3) is 0 Å². The lowest BCUT2D eigenvalue weighted by Gasteiger charge is -2.39. The van der Waals surface area contributed by atoms with Crippen molar-refractivity contribution in [3.05, 3.63) is 47.5 Å². The Labute approximate surface area is 112 Å². The van der Waals surface area contributed by atoms with Crippen LogP contribution in [0.1, 0.15) is 19.4 Å². The van der Waals surface area contributed by atoms with Crippen molar-refractivity contribution in [1.82, 2.24) is 4.90 Å². The van der Waals surface area contributed by atoms with Crippen LogP contribution < -0.4 is 5.14 Å². The monoisotopic (exact) mass is 284 g/mol. The van der Waals surface area contributed by atoms with Crippen LogP contribution in [0.4, 0.5) is 0 Å². The van der Waals surface area contributed by atoms with Gasteiger partial charge in [0.2, 0.25) is 14.2 Å². The largest absolute Gasteiger partial charge is 0.343 e. The van der Waals surface area contributed by atoms with E-state index in [1.807, 2.05) is 32.0 Å². The lowest BCUT2D eigenvalue weighted by molar-refractivity contribution is 0.266. The minimum atomic E-state index is -3.79. The van der Waals surface area contributed by atoms with E-state index in [4.69, 9.17) is 5.14 Å². The summed E-state index contributed by atoms with van der Waals surface area (Å²) in [4.78, 5) is 1.78. The third-order valence-corrected chi connectivity index (χ3v) is 6.10. The molecule has 0 radical (unpaired) electrons. The summed E-state index contributed by atoms with van der Waals surface area (Å²) in [5.74, 6) is 0. The highest BCUT2D eigenvalue weighted by Crippen LogP contribution is 2.49. The Balaban J connectivity index is 2.64. The molecule has 1 unspecified atom stereocenters. The molecule has 1 atom stereocenters. The van der Waals surface area contributed by atoms with Crippen molar-refractivity contribution in [3.63, 3.8) is 0 Å². The zero-order valence-electron chi connectivity index (χ0n) is 10.3. The molecular weight excluding hydrogens is 268 g/mol. The molecule has 0 saturated heterocycles. The fourth-order valence-corrected chi connectivity index (χ4v) is 4.88. The van der Waals surface area contributed by atoms with Gasteiger partial charge in [-0.05, 0) is 19.3 Å². The van der Waals surface area contributed by atoms with Gasteiger partial charge >= 0.3 is 0 Å². The molecule has 18 heavy (non-hydrogen) atoms. The average Bonchev–Trinajstić information content (AvgIpc) is 2.75. The zero-order valence-corrected chi connectivity index (χ0v) is 11.9. The second-order valence-corrected chi connectivity index (χ2v) is 7.43. The molecule has 0 amide bonds. The number of sulfonamides is 1. The zero-order chi connectivity index (χ0) is 13.4. The third-order valence-electron chi connectivity index (χ3n) is 2.87. The lowest BCUT2D eigenvalue weighted by atomic mass is 10.2. The maximum absolute atomic E-state index is 12.1. The van der Waals surface area contributed by atoms with Crippen molar-refractivity contribution in [1.29, 1.82) is 0 Å². The van der Waals surface area contributed by atoms with Gasteiger partial charge in [-0.2, -0.15) is 0 Å². The predicted octanol–water partition coefficient (Wildman–Crippen LogP) is 2.01. The Kier molecular flexibility index (Phi) is 3.44. The second kappa shape index (κ2) is 4.60. The van der Waals surface area contributed by atoms with E-state index in [0.29, 0.717) is 5.56 Å². The number of nitrogens with zero attached hydrogens (tertiary/aromatic N) is 1. The number of hydrogen-bond donors (Lipinski definition) is 1. The third kappa shape index (κ3) is 1.94. The number of rotatable bonds is 3. The van der Waals surface area contributed by atoms with Crippen molar-refractivity contribution in [2.24, 2.45) is 5.14 Å². The summed E-state index contributed by atoms with van der Waals surface area (Å²) in [7, 11) is -3.79. The maximum Gasteiger partial charge on any atom is 0.248 e. The van der Waals surface area contributed by atoms with Crippen LogP contribution in [0.2, 0.25) is 0 Å². The molecule has 98 valence electrons. The van der Waals surface area contributed by atoms with Crippen molar-refractivity contribution in [3.8, 4) is 0 Å². The first kappa shape index (κ1) is 13.5. The smallest absolute Gasteiger partial charge is 0.248 e. The first-order valence-corrected chi connectivity index (χ1v) is 8.03. The highest BCUT2D eigenvalue weighted by atomic mass is 32.3. The standard InChI is InChI=1S/C12H16N2O2S2/c1-10(2)14-8-9-17-12(14,18(13,15)16)11-6-4-3-5-7-11/h3-10H,1-2H3,(H2,13,15,16). The maximum atomic E-state index is 12.1. The van der Waals surface area contributed by atoms with Crippen LogP contribution in [0, 0.1) is 0 Å². The summed E-state index contributed by atoms with van der Waals surface area (Å²) >= 11 is 1.22. The summed E-state index contributed by atoms with van der Waals surface area (Å²) in [6.45, 7) is 3.89. The second-order valence-electron chi connectivity index (χ2n) is 4.40. The van der Waals surface area contributed by atoms with Gasteiger partial charge in [0, 0.05) is 17.8 Å². The molecule has 2 N–H and O–H groups in total. The van der Waals surface area contributed by atoms with Gasteiger partial charge in [0.15, 0.2) is 0 Å². The van der Waals surface area contributed by atoms with E-state index in [-0.39, 0.29) is 6.04 Å². The van der Waals surface area contributed by atoms with Gasteiger partial charge in [0.1, 0.15) is 0 Å². The molecule has 0 aliphatic carbocycles. The normalized spacial score (nSPS) is 23.9. The van der Waals surface area contributed by atoms with E-state index in [1.54, 1.807) is 28.6 Å². The number of hydrogen-bond acceptors (Lipinski definition) is 4. The Morgan fingerprint density at radius 2 is 1.89 bits per heavy atom. The highest BCUT2D eigenvalue weighted by Gasteiger charge is 2.51. The van der Waals surface area contributed by atoms with Crippen LogP contribution in [-0.4, -0.2) is 19.4 Å². The van der Waals surface area contributed by atoms with E-state index in [9.17, 15) is 8.42 Å². The van der Waals surface area contributed by atoms with E-state index in [2.05, 4.69) is 0 Å². The number of nitrogens with two attached hydrogens (primary N) is 1. The molecule has 4 nitrogen and oxygen atoms in total. The summed E-state index contributed by atoms with van der Waals surface area (Å²) in [5.41, 5.74) is 0.677. The van der Waals surface area contributed by atoms with E-state index in [0.717, 1.165) is 0 Å². The molecule has 1 aliphatic rings. The first-order valence-electron chi connectivity index (χ1n) is 5.60. The molecule has 2 rings (SSSR count). The van der Waals surface area contributed by atoms with Crippen molar-refractivity contribution in [2.45, 2.75) is 24.1 Å². The summed E-state index contributed by atoms with van der Waals surface area (Å²) in [6.07, 6.45) is 1.78. The Bertz CT molecular complexity index is 555. The SMILES string of the molecule is CC(C)N1C=CSC1(c1ccccc1)S(N)(=O)=O. The molecule has 0 bridgehead atoms. The summed E-state index contributed by atoms with van der Waals surface area (Å²) < 4.78 is 23.0. The molecule has 0 fully saturated rings. The Morgan fingerprint density at radius 3 is 2.39 bits per heavy atom. The Morgan fingerprint density at radius 1 is 1.28 bits per heavy atom. The van der Waals surface area contributed by atoms with Crippen LogP contribution >= 0.6 is 11.8 Å². The molecule has 1 aromatic carbocycles. The fraction of sp³-hybridized carbons (Fsp3) is 0.333. The van der Waals surface area contributed by atoms with Crippen LogP contribution in [0.25, 0.3) is 0 Å². The van der Waals surface area contributed by atoms with Crippen molar-refractivity contribution < 1.29 is 8.42 Å². The molecule has 0 saturated carbocycles. The summed E-state index contributed by atoms with van der Waals surface area (Å²) in [6, 6.07) is 9.11. The molecule has 0 aromatic heterocycles. The van der Waals surface area contributed by atoms with Gasteiger partial charge in [-0.25, -0.2) is 13.6 Å². The predicted molar refractivity (Wildman–Crippen MR) is 74.9 cm³/mol. The van der Waals surface area contributed by atoms with Crippen LogP contribution in [0.5, 0.6) is 0 Å². The fourth-order valence-electron chi connectivity index (χ4n) is 2.10. The summed E-state index contributed by atoms with van der Waals surface area (Å²) in [5, 5.41) is 7.28. The minimum Gasteiger partial charge on any atom is -0.343 e. The average molecular weight is 284 g/mol. The number of thioether (sulfide) groups is 1. The number of benzene rings is 1. The van der Waals surface area contributed by atoms with E-state index >= 15 is 0 Å². The van der Waals surface area contributed by atoms with E-state index < -0.39 is 14.2 Å². The molecular formula is C12H16N2O2S2. The van der Waals surface area contributed by atoms with Gasteiger partial charge in [-0.1, -0.05) is 42.1 Å². The minimum absolute atomic E-state index is 0.0368. The molecule has 1 aliphatic heterocycles. The molecule has 0 spiro atoms. The first-order chi connectivity index (χ1) is 8.39. The molecule has 1 heterocycles. The van der Waals surface area contributed by atoms with Crippen LogP contribution in [0.15, 0.2) is 41.9 Å². The lowest BCUT2D eigenvalue weighted by Crippen LogP contribution is -2.50. The number of primary sulfonamides is 1. The molecule has 6 heteroatoms. The Hall–Kier alpha value is -0.980. The van der Waals surface area contributed by atoms with Gasteiger partial charge < -0.3 is 4.90 Å². The van der Waals surface area contributed by atoms with Gasteiger partial charge in [-0.15, -0.1) is 0 Å². The van der Waals surface area contributed by atoms with E-state index in [1.165, 1.54) is 11.8 Å². The topological polar surface area (TPSA) is 63.4 Å². The van der Waals surface area contributed by atoms with Gasteiger partial charge in [0.05, 0.1) is 0 Å². The van der Waals surface area contributed by atoms with Crippen molar-refractivity contribution >= 4 is 21.8 Å². The van der Waals surface area contributed by atoms with Gasteiger partial charge in [-0.3, -0.25) is 0 Å². The van der Waals surface area contributed by atoms with Crippen LogP contribution in [0.3, 0.4) is 0 Å². The van der Waals surface area contributed by atoms with Crippen LogP contribution in [-0.2, 0) is 14.2 Å². The quantitative estimate of drug-likeness (QED) is 0.922.